The van der Waals surface area contributed by atoms with Gasteiger partial charge in [-0.25, -0.2) is 8.78 Å². The molecule has 0 saturated heterocycles. The fourth-order valence-corrected chi connectivity index (χ4v) is 2.27. The van der Waals surface area contributed by atoms with Gasteiger partial charge in [0.25, 0.3) is 0 Å². The van der Waals surface area contributed by atoms with Crippen molar-refractivity contribution in [2.45, 2.75) is 11.8 Å². The van der Waals surface area contributed by atoms with Crippen molar-refractivity contribution < 1.29 is 13.5 Å². The molecule has 4 heteroatoms. The normalized spacial score (nSPS) is 12.2. The van der Waals surface area contributed by atoms with Crippen LogP contribution in [0.15, 0.2) is 42.5 Å². The Morgan fingerprint density at radius 1 is 1.11 bits per heavy atom. The lowest BCUT2D eigenvalue weighted by Crippen LogP contribution is -2.00. The molecule has 0 amide bonds. The Labute approximate surface area is 115 Å². The molecule has 0 saturated carbocycles. The molecule has 2 rings (SSSR count). The topological polar surface area (TPSA) is 9.23 Å². The van der Waals surface area contributed by atoms with E-state index in [1.807, 2.05) is 24.3 Å². The van der Waals surface area contributed by atoms with Crippen LogP contribution in [0, 0.1) is 11.6 Å². The minimum Gasteiger partial charge on any atom is -0.496 e. The van der Waals surface area contributed by atoms with Crippen LogP contribution in [0.5, 0.6) is 5.75 Å². The van der Waals surface area contributed by atoms with Gasteiger partial charge < -0.3 is 4.74 Å². The lowest BCUT2D eigenvalue weighted by Gasteiger charge is -2.14. The van der Waals surface area contributed by atoms with Crippen LogP contribution in [-0.2, 0) is 6.42 Å². The molecule has 0 bridgehead atoms. The molecule has 1 nitrogen and oxygen atoms in total. The van der Waals surface area contributed by atoms with Crippen molar-refractivity contribution in [3.05, 3.63) is 65.2 Å². The van der Waals surface area contributed by atoms with Crippen LogP contribution in [0.1, 0.15) is 16.5 Å². The average molecular weight is 283 g/mol. The monoisotopic (exact) mass is 282 g/mol. The zero-order chi connectivity index (χ0) is 13.8. The zero-order valence-electron chi connectivity index (χ0n) is 10.4. The first kappa shape index (κ1) is 13.8. The summed E-state index contributed by atoms with van der Waals surface area (Å²) in [5.74, 6) is -1.03. The number of para-hydroxylation sites is 1. The average Bonchev–Trinajstić information content (AvgIpc) is 2.43. The second-order valence-corrected chi connectivity index (χ2v) is 4.69. The van der Waals surface area contributed by atoms with Crippen molar-refractivity contribution in [1.82, 2.24) is 0 Å². The summed E-state index contributed by atoms with van der Waals surface area (Å²) in [4.78, 5) is 0. The first-order valence-corrected chi connectivity index (χ1v) is 6.26. The van der Waals surface area contributed by atoms with Gasteiger partial charge in [0.1, 0.15) is 5.75 Å². The summed E-state index contributed by atoms with van der Waals surface area (Å²) < 4.78 is 31.2. The molecule has 0 radical (unpaired) electrons. The van der Waals surface area contributed by atoms with Crippen LogP contribution in [0.25, 0.3) is 0 Å². The molecule has 0 aromatic heterocycles. The third kappa shape index (κ3) is 3.24. The van der Waals surface area contributed by atoms with Gasteiger partial charge in [-0.15, -0.1) is 11.6 Å². The van der Waals surface area contributed by atoms with E-state index in [0.29, 0.717) is 17.7 Å². The Bertz CT molecular complexity index is 572. The van der Waals surface area contributed by atoms with Crippen LogP contribution in [0.2, 0.25) is 0 Å². The predicted octanol–water partition coefficient (Wildman–Crippen LogP) is 4.50. The Kier molecular flexibility index (Phi) is 4.38. The molecule has 0 fully saturated rings. The van der Waals surface area contributed by atoms with E-state index in [4.69, 9.17) is 16.3 Å². The minimum absolute atomic E-state index is 0.360. The summed E-state index contributed by atoms with van der Waals surface area (Å²) in [5, 5.41) is -0.360. The van der Waals surface area contributed by atoms with Gasteiger partial charge in [-0.3, -0.25) is 0 Å². The Morgan fingerprint density at radius 3 is 2.53 bits per heavy atom. The summed E-state index contributed by atoms with van der Waals surface area (Å²) in [6.07, 6.45) is 0.402. The number of benzene rings is 2. The van der Waals surface area contributed by atoms with Crippen molar-refractivity contribution in [2.24, 2.45) is 0 Å². The quantitative estimate of drug-likeness (QED) is 0.751. The molecule has 0 heterocycles. The minimum atomic E-state index is -0.860. The van der Waals surface area contributed by atoms with Crippen LogP contribution in [-0.4, -0.2) is 7.11 Å². The molecule has 0 aliphatic carbocycles. The van der Waals surface area contributed by atoms with Gasteiger partial charge in [0, 0.05) is 5.56 Å². The summed E-state index contributed by atoms with van der Waals surface area (Å²) in [7, 11) is 1.57. The van der Waals surface area contributed by atoms with Gasteiger partial charge in [0.2, 0.25) is 0 Å². The second-order valence-electron chi connectivity index (χ2n) is 4.16. The van der Waals surface area contributed by atoms with Crippen molar-refractivity contribution in [3.8, 4) is 5.75 Å². The number of ether oxygens (including phenoxy) is 1. The van der Waals surface area contributed by atoms with Gasteiger partial charge >= 0.3 is 0 Å². The molecular formula is C15H13ClF2O. The van der Waals surface area contributed by atoms with E-state index in [0.717, 1.165) is 11.6 Å². The second kappa shape index (κ2) is 6.02. The van der Waals surface area contributed by atoms with Crippen molar-refractivity contribution in [1.29, 1.82) is 0 Å². The Morgan fingerprint density at radius 2 is 1.84 bits per heavy atom. The maximum atomic E-state index is 13.1. The summed E-state index contributed by atoms with van der Waals surface area (Å²) in [6.45, 7) is 0. The first-order chi connectivity index (χ1) is 9.11. The SMILES string of the molecule is COc1ccccc1C(Cl)Cc1ccc(F)c(F)c1. The molecular weight excluding hydrogens is 270 g/mol. The highest BCUT2D eigenvalue weighted by molar-refractivity contribution is 6.21. The molecule has 2 aromatic rings. The van der Waals surface area contributed by atoms with E-state index >= 15 is 0 Å². The number of hydrogen-bond acceptors (Lipinski definition) is 1. The molecule has 1 atom stereocenters. The molecule has 1 unspecified atom stereocenters. The van der Waals surface area contributed by atoms with Crippen LogP contribution in [0.3, 0.4) is 0 Å². The lowest BCUT2D eigenvalue weighted by molar-refractivity contribution is 0.409. The number of halogens is 3. The molecule has 100 valence electrons. The van der Waals surface area contributed by atoms with Crippen molar-refractivity contribution in [2.75, 3.05) is 7.11 Å². The van der Waals surface area contributed by atoms with Gasteiger partial charge in [-0.2, -0.15) is 0 Å². The van der Waals surface area contributed by atoms with Crippen molar-refractivity contribution >= 4 is 11.6 Å². The molecule has 0 aliphatic heterocycles. The van der Waals surface area contributed by atoms with Gasteiger partial charge in [-0.1, -0.05) is 24.3 Å². The summed E-state index contributed by atoms with van der Waals surface area (Å²) in [6, 6.07) is 11.2. The van der Waals surface area contributed by atoms with Gasteiger partial charge in [-0.05, 0) is 30.2 Å². The summed E-state index contributed by atoms with van der Waals surface area (Å²) >= 11 is 6.32. The van der Waals surface area contributed by atoms with E-state index < -0.39 is 11.6 Å². The number of rotatable bonds is 4. The van der Waals surface area contributed by atoms with Crippen molar-refractivity contribution in [3.63, 3.8) is 0 Å². The summed E-state index contributed by atoms with van der Waals surface area (Å²) in [5.41, 5.74) is 1.47. The van der Waals surface area contributed by atoms with Gasteiger partial charge in [0.15, 0.2) is 11.6 Å². The Hall–Kier alpha value is -1.61. The molecule has 0 aliphatic rings. The van der Waals surface area contributed by atoms with E-state index in [2.05, 4.69) is 0 Å². The predicted molar refractivity (Wildman–Crippen MR) is 71.7 cm³/mol. The van der Waals surface area contributed by atoms with Crippen LogP contribution >= 0.6 is 11.6 Å². The number of methoxy groups -OCH3 is 1. The van der Waals surface area contributed by atoms with E-state index in [1.165, 1.54) is 12.1 Å². The third-order valence-electron chi connectivity index (χ3n) is 2.88. The largest absolute Gasteiger partial charge is 0.496 e. The number of hydrogen-bond donors (Lipinski definition) is 0. The smallest absolute Gasteiger partial charge is 0.159 e. The zero-order valence-corrected chi connectivity index (χ0v) is 11.1. The highest BCUT2D eigenvalue weighted by atomic mass is 35.5. The maximum absolute atomic E-state index is 13.1. The Balaban J connectivity index is 2.20. The van der Waals surface area contributed by atoms with Crippen LogP contribution in [0.4, 0.5) is 8.78 Å². The van der Waals surface area contributed by atoms with Gasteiger partial charge in [0.05, 0.1) is 12.5 Å². The number of alkyl halides is 1. The van der Waals surface area contributed by atoms with E-state index in [1.54, 1.807) is 7.11 Å². The van der Waals surface area contributed by atoms with Crippen LogP contribution < -0.4 is 4.74 Å². The van der Waals surface area contributed by atoms with E-state index in [-0.39, 0.29) is 5.38 Å². The highest BCUT2D eigenvalue weighted by Crippen LogP contribution is 2.32. The molecule has 2 aromatic carbocycles. The maximum Gasteiger partial charge on any atom is 0.159 e. The fourth-order valence-electron chi connectivity index (χ4n) is 1.91. The lowest BCUT2D eigenvalue weighted by atomic mass is 10.0. The third-order valence-corrected chi connectivity index (χ3v) is 3.26. The molecule has 19 heavy (non-hydrogen) atoms. The molecule has 0 spiro atoms. The fraction of sp³-hybridized carbons (Fsp3) is 0.200. The standard InChI is InChI=1S/C15H13ClF2O/c1-19-15-5-3-2-4-11(15)12(16)8-10-6-7-13(17)14(18)9-10/h2-7,9,12H,8H2,1H3. The highest BCUT2D eigenvalue weighted by Gasteiger charge is 2.14. The first-order valence-electron chi connectivity index (χ1n) is 5.82. The molecule has 0 N–H and O–H groups in total. The van der Waals surface area contributed by atoms with E-state index in [9.17, 15) is 8.78 Å².